The Kier molecular flexibility index (Phi) is 16.2. The van der Waals surface area contributed by atoms with Crippen molar-refractivity contribution in [1.82, 2.24) is 10.2 Å². The number of hydrogen-bond donors (Lipinski definition) is 3. The number of halogens is 2. The predicted octanol–water partition coefficient (Wildman–Crippen LogP) is 6.34. The van der Waals surface area contributed by atoms with Crippen LogP contribution in [0.4, 0.5) is 4.39 Å². The Labute approximate surface area is 275 Å². The Bertz CT molecular complexity index is 1210. The molecule has 2 amide bonds. The standard InChI is InChI=1S/C35H48FIN2O5/c1-2-3-4-5-6-7-8-9-10-18-33(41)39(21-19-26-14-13-15-28(36)23-26)30-24-27(35(43)38-20-22-40)25-32(34(30)42)44-31-17-12-11-16-29(31)37/h11-17,23,25,30,32,34,40,42H,2-10,18-22,24H2,1H3,(H,38,43). The van der Waals surface area contributed by atoms with E-state index in [1.807, 2.05) is 24.3 Å². The maximum absolute atomic E-state index is 13.9. The molecule has 242 valence electrons. The quantitative estimate of drug-likeness (QED) is 0.116. The lowest BCUT2D eigenvalue weighted by atomic mass is 9.87. The van der Waals surface area contributed by atoms with Crippen LogP contribution < -0.4 is 10.1 Å². The molecule has 2 aromatic rings. The van der Waals surface area contributed by atoms with Crippen molar-refractivity contribution in [3.63, 3.8) is 0 Å². The average molecular weight is 723 g/mol. The number of aliphatic hydroxyl groups excluding tert-OH is 2. The van der Waals surface area contributed by atoms with Gasteiger partial charge >= 0.3 is 0 Å². The molecule has 0 bridgehead atoms. The Morgan fingerprint density at radius 2 is 1.73 bits per heavy atom. The first-order valence-electron chi connectivity index (χ1n) is 16.1. The first kappa shape index (κ1) is 36.0. The smallest absolute Gasteiger partial charge is 0.247 e. The molecule has 0 aliphatic heterocycles. The van der Waals surface area contributed by atoms with Crippen LogP contribution in [0, 0.1) is 9.39 Å². The van der Waals surface area contributed by atoms with Gasteiger partial charge in [-0.1, -0.05) is 82.6 Å². The Morgan fingerprint density at radius 3 is 2.41 bits per heavy atom. The summed E-state index contributed by atoms with van der Waals surface area (Å²) in [7, 11) is 0. The van der Waals surface area contributed by atoms with Crippen molar-refractivity contribution in [2.75, 3.05) is 19.7 Å². The molecular weight excluding hydrogens is 674 g/mol. The van der Waals surface area contributed by atoms with Gasteiger partial charge in [0.2, 0.25) is 11.8 Å². The van der Waals surface area contributed by atoms with Crippen LogP contribution in [0.2, 0.25) is 0 Å². The van der Waals surface area contributed by atoms with E-state index < -0.39 is 18.2 Å². The highest BCUT2D eigenvalue weighted by molar-refractivity contribution is 14.1. The molecule has 44 heavy (non-hydrogen) atoms. The molecule has 3 rings (SSSR count). The molecule has 3 unspecified atom stereocenters. The van der Waals surface area contributed by atoms with E-state index in [4.69, 9.17) is 4.74 Å². The molecule has 3 N–H and O–H groups in total. The minimum Gasteiger partial charge on any atom is -0.482 e. The molecule has 0 spiro atoms. The molecule has 0 fully saturated rings. The highest BCUT2D eigenvalue weighted by Crippen LogP contribution is 2.30. The number of amides is 2. The Hall–Kier alpha value is -2.50. The lowest BCUT2D eigenvalue weighted by molar-refractivity contribution is -0.138. The molecule has 3 atom stereocenters. The Balaban J connectivity index is 1.77. The van der Waals surface area contributed by atoms with Crippen LogP contribution in [0.15, 0.2) is 60.2 Å². The van der Waals surface area contributed by atoms with Crippen LogP contribution in [0.25, 0.3) is 0 Å². The van der Waals surface area contributed by atoms with Crippen molar-refractivity contribution in [1.29, 1.82) is 0 Å². The molecule has 0 aromatic heterocycles. The summed E-state index contributed by atoms with van der Waals surface area (Å²) in [6.07, 6.45) is 10.7. The number of benzene rings is 2. The van der Waals surface area contributed by atoms with Crippen LogP contribution in [-0.2, 0) is 16.0 Å². The van der Waals surface area contributed by atoms with Gasteiger partial charge in [-0.3, -0.25) is 9.59 Å². The van der Waals surface area contributed by atoms with E-state index in [-0.39, 0.29) is 43.7 Å². The summed E-state index contributed by atoms with van der Waals surface area (Å²) in [6.45, 7) is 2.37. The van der Waals surface area contributed by atoms with Crippen molar-refractivity contribution in [3.8, 4) is 5.75 Å². The second-order valence-corrected chi connectivity index (χ2v) is 12.7. The van der Waals surface area contributed by atoms with Crippen molar-refractivity contribution in [3.05, 3.63) is 75.1 Å². The molecule has 7 nitrogen and oxygen atoms in total. The van der Waals surface area contributed by atoms with E-state index in [0.29, 0.717) is 24.2 Å². The van der Waals surface area contributed by atoms with Gasteiger partial charge in [-0.25, -0.2) is 4.39 Å². The molecule has 0 saturated carbocycles. The highest BCUT2D eigenvalue weighted by Gasteiger charge is 2.40. The summed E-state index contributed by atoms with van der Waals surface area (Å²) in [6, 6.07) is 13.0. The number of unbranched alkanes of at least 4 members (excludes halogenated alkanes) is 8. The zero-order chi connectivity index (χ0) is 31.7. The number of para-hydroxylation sites is 1. The van der Waals surface area contributed by atoms with Crippen LogP contribution >= 0.6 is 22.6 Å². The van der Waals surface area contributed by atoms with Crippen molar-refractivity contribution in [2.45, 2.75) is 102 Å². The lowest BCUT2D eigenvalue weighted by Crippen LogP contribution is -2.55. The minimum absolute atomic E-state index is 0.0896. The van der Waals surface area contributed by atoms with Gasteiger partial charge in [0.05, 0.1) is 16.2 Å². The van der Waals surface area contributed by atoms with Gasteiger partial charge in [-0.2, -0.15) is 0 Å². The zero-order valence-electron chi connectivity index (χ0n) is 25.9. The van der Waals surface area contributed by atoms with Crippen LogP contribution in [0.5, 0.6) is 5.75 Å². The fraction of sp³-hybridized carbons (Fsp3) is 0.543. The monoisotopic (exact) mass is 722 g/mol. The van der Waals surface area contributed by atoms with Crippen LogP contribution in [0.3, 0.4) is 0 Å². The third-order valence-electron chi connectivity index (χ3n) is 8.06. The first-order chi connectivity index (χ1) is 21.3. The number of carbonyl (C=O) groups is 2. The molecule has 0 radical (unpaired) electrons. The lowest BCUT2D eigenvalue weighted by Gasteiger charge is -2.40. The van der Waals surface area contributed by atoms with Gasteiger partial charge in [-0.05, 0) is 71.3 Å². The predicted molar refractivity (Wildman–Crippen MR) is 180 cm³/mol. The SMILES string of the molecule is CCCCCCCCCCCC(=O)N(CCc1cccc(F)c1)C1CC(C(=O)NCCO)=CC(Oc2ccccc2I)C1O. The highest BCUT2D eigenvalue weighted by atomic mass is 127. The number of aliphatic hydroxyl groups is 2. The van der Waals surface area contributed by atoms with Crippen LogP contribution in [-0.4, -0.2) is 64.9 Å². The Morgan fingerprint density at radius 1 is 1.02 bits per heavy atom. The molecule has 2 aromatic carbocycles. The van der Waals surface area contributed by atoms with E-state index in [1.54, 1.807) is 23.1 Å². The average Bonchev–Trinajstić information content (AvgIpc) is 3.01. The summed E-state index contributed by atoms with van der Waals surface area (Å²) in [5.41, 5.74) is 1.13. The van der Waals surface area contributed by atoms with Crippen molar-refractivity contribution >= 4 is 34.4 Å². The largest absolute Gasteiger partial charge is 0.482 e. The van der Waals surface area contributed by atoms with Gasteiger partial charge in [-0.15, -0.1) is 0 Å². The first-order valence-corrected chi connectivity index (χ1v) is 17.1. The van der Waals surface area contributed by atoms with E-state index in [1.165, 1.54) is 44.2 Å². The maximum atomic E-state index is 13.9. The summed E-state index contributed by atoms with van der Waals surface area (Å²) >= 11 is 2.16. The molecular formula is C35H48FIN2O5. The molecule has 1 aliphatic carbocycles. The van der Waals surface area contributed by atoms with Gasteiger partial charge in [0.1, 0.15) is 23.8 Å². The normalized spacial score (nSPS) is 18.0. The van der Waals surface area contributed by atoms with E-state index in [2.05, 4.69) is 34.8 Å². The molecule has 9 heteroatoms. The number of hydrogen-bond acceptors (Lipinski definition) is 5. The number of carbonyl (C=O) groups excluding carboxylic acids is 2. The fourth-order valence-electron chi connectivity index (χ4n) is 5.61. The number of nitrogens with zero attached hydrogens (tertiary/aromatic N) is 1. The second kappa shape index (κ2) is 19.8. The van der Waals surface area contributed by atoms with Gasteiger partial charge < -0.3 is 25.2 Å². The van der Waals surface area contributed by atoms with E-state index >= 15 is 0 Å². The van der Waals surface area contributed by atoms with E-state index in [9.17, 15) is 24.2 Å². The van der Waals surface area contributed by atoms with Gasteiger partial charge in [0, 0.05) is 31.5 Å². The molecule has 0 saturated heterocycles. The number of nitrogens with one attached hydrogen (secondary N) is 1. The third kappa shape index (κ3) is 11.8. The van der Waals surface area contributed by atoms with Gasteiger partial charge in [0.25, 0.3) is 0 Å². The summed E-state index contributed by atoms with van der Waals surface area (Å²) in [4.78, 5) is 28.5. The summed E-state index contributed by atoms with van der Waals surface area (Å²) < 4.78 is 21.0. The maximum Gasteiger partial charge on any atom is 0.247 e. The zero-order valence-corrected chi connectivity index (χ0v) is 28.0. The number of ether oxygens (including phenoxy) is 1. The topological polar surface area (TPSA) is 99.1 Å². The molecule has 0 heterocycles. The third-order valence-corrected chi connectivity index (χ3v) is 8.95. The molecule has 1 aliphatic rings. The van der Waals surface area contributed by atoms with Crippen molar-refractivity contribution in [2.24, 2.45) is 0 Å². The van der Waals surface area contributed by atoms with Crippen LogP contribution in [0.1, 0.15) is 83.1 Å². The minimum atomic E-state index is -1.10. The summed E-state index contributed by atoms with van der Waals surface area (Å²) in [5, 5.41) is 23.6. The number of rotatable bonds is 19. The van der Waals surface area contributed by atoms with Gasteiger partial charge in [0.15, 0.2) is 0 Å². The second-order valence-electron chi connectivity index (χ2n) is 11.5. The van der Waals surface area contributed by atoms with E-state index in [0.717, 1.165) is 34.8 Å². The van der Waals surface area contributed by atoms with Crippen molar-refractivity contribution < 1.29 is 28.9 Å². The summed E-state index contributed by atoms with van der Waals surface area (Å²) in [5.74, 6) is -0.247. The fourth-order valence-corrected chi connectivity index (χ4v) is 6.13.